The molecule has 0 unspecified atom stereocenters. The van der Waals surface area contributed by atoms with Gasteiger partial charge in [-0.3, -0.25) is 0 Å². The Bertz CT molecular complexity index is 473. The van der Waals surface area contributed by atoms with Gasteiger partial charge >= 0.3 is 0 Å². The Labute approximate surface area is 97.0 Å². The lowest BCUT2D eigenvalue weighted by Gasteiger charge is -2.00. The minimum Gasteiger partial charge on any atom is -0.389 e. The monoisotopic (exact) mass is 233 g/mol. The number of hydrogen-bond acceptors (Lipinski definition) is 4. The van der Waals surface area contributed by atoms with E-state index in [0.717, 1.165) is 10.6 Å². The lowest BCUT2D eigenvalue weighted by atomic mass is 10.3. The number of thiocarbonyl (C=S) groups is 1. The van der Waals surface area contributed by atoms with Crippen LogP contribution in [0.15, 0.2) is 39.8 Å². The molecular weight excluding hydrogens is 226 g/mol. The number of nitrogens with zero attached hydrogens (tertiary/aromatic N) is 1. The van der Waals surface area contributed by atoms with E-state index in [1.165, 1.54) is 11.8 Å². The van der Waals surface area contributed by atoms with E-state index in [4.69, 9.17) is 23.2 Å². The second kappa shape index (κ2) is 3.93. The Morgan fingerprint density at radius 3 is 2.80 bits per heavy atom. The van der Waals surface area contributed by atoms with E-state index >= 15 is 0 Å². The summed E-state index contributed by atoms with van der Waals surface area (Å²) in [5.41, 5.74) is 6.79. The smallest absolute Gasteiger partial charge is 0.117 e. The molecule has 15 heavy (non-hydrogen) atoms. The summed E-state index contributed by atoms with van der Waals surface area (Å²) in [7, 11) is 0. The summed E-state index contributed by atoms with van der Waals surface area (Å²) in [6.45, 7) is 0. The highest BCUT2D eigenvalue weighted by molar-refractivity contribution is 8.03. The van der Waals surface area contributed by atoms with Gasteiger partial charge in [-0.25, -0.2) is 0 Å². The van der Waals surface area contributed by atoms with Crippen LogP contribution in [0.2, 0.25) is 0 Å². The van der Waals surface area contributed by atoms with Crippen molar-refractivity contribution in [2.45, 2.75) is 4.90 Å². The standard InChI is InChI=1S/C10H7N3S2/c11-5-6(9(12)14)10-13-7-3-1-2-4-8(7)15-10/h1-4,13H,(H2,12,14)/b10-6+. The molecule has 0 aromatic heterocycles. The molecule has 0 saturated heterocycles. The van der Waals surface area contributed by atoms with Crippen LogP contribution in [-0.2, 0) is 0 Å². The van der Waals surface area contributed by atoms with E-state index in [1.54, 1.807) is 0 Å². The largest absolute Gasteiger partial charge is 0.389 e. The number of nitrogens with one attached hydrogen (secondary N) is 1. The molecule has 1 aliphatic rings. The molecule has 1 aliphatic heterocycles. The summed E-state index contributed by atoms with van der Waals surface area (Å²) in [5, 5.41) is 12.7. The van der Waals surface area contributed by atoms with Gasteiger partial charge in [0.15, 0.2) is 0 Å². The van der Waals surface area contributed by atoms with E-state index in [1.807, 2.05) is 30.3 Å². The molecule has 2 rings (SSSR count). The number of nitriles is 1. The summed E-state index contributed by atoms with van der Waals surface area (Å²) < 4.78 is 0. The first-order chi connectivity index (χ1) is 7.22. The summed E-state index contributed by atoms with van der Waals surface area (Å²) >= 11 is 6.28. The number of thioether (sulfide) groups is 1. The fourth-order valence-electron chi connectivity index (χ4n) is 1.25. The van der Waals surface area contributed by atoms with Crippen LogP contribution in [0.1, 0.15) is 0 Å². The molecule has 0 fully saturated rings. The van der Waals surface area contributed by atoms with Gasteiger partial charge in [-0.05, 0) is 12.1 Å². The van der Waals surface area contributed by atoms with Crippen LogP contribution in [0.4, 0.5) is 5.69 Å². The van der Waals surface area contributed by atoms with Crippen molar-refractivity contribution in [2.75, 3.05) is 5.32 Å². The first-order valence-electron chi connectivity index (χ1n) is 4.20. The average Bonchev–Trinajstić information content (AvgIpc) is 2.61. The average molecular weight is 233 g/mol. The minimum atomic E-state index is 0.125. The normalized spacial score (nSPS) is 16.2. The number of para-hydroxylation sites is 1. The van der Waals surface area contributed by atoms with Gasteiger partial charge in [0.25, 0.3) is 0 Å². The molecule has 0 atom stereocenters. The highest BCUT2D eigenvalue weighted by atomic mass is 32.2. The van der Waals surface area contributed by atoms with Crippen molar-refractivity contribution in [3.05, 3.63) is 34.9 Å². The number of rotatable bonds is 1. The number of benzene rings is 1. The highest BCUT2D eigenvalue weighted by Gasteiger charge is 2.19. The molecule has 3 N–H and O–H groups in total. The zero-order valence-corrected chi connectivity index (χ0v) is 9.28. The molecule has 0 spiro atoms. The van der Waals surface area contributed by atoms with Crippen molar-refractivity contribution in [2.24, 2.45) is 5.73 Å². The second-order valence-corrected chi connectivity index (χ2v) is 4.40. The molecule has 0 amide bonds. The summed E-state index contributed by atoms with van der Waals surface area (Å²) in [6, 6.07) is 9.82. The van der Waals surface area contributed by atoms with Gasteiger partial charge in [-0.15, -0.1) is 0 Å². The van der Waals surface area contributed by atoms with Gasteiger partial charge in [0.1, 0.15) is 16.6 Å². The van der Waals surface area contributed by atoms with Gasteiger partial charge in [-0.2, -0.15) is 5.26 Å². The molecule has 3 nitrogen and oxygen atoms in total. The molecule has 1 aromatic carbocycles. The van der Waals surface area contributed by atoms with Gasteiger partial charge < -0.3 is 11.1 Å². The van der Waals surface area contributed by atoms with Crippen LogP contribution >= 0.6 is 24.0 Å². The van der Waals surface area contributed by atoms with Crippen molar-refractivity contribution < 1.29 is 0 Å². The van der Waals surface area contributed by atoms with E-state index in [0.29, 0.717) is 10.6 Å². The molecule has 0 saturated carbocycles. The second-order valence-electron chi connectivity index (χ2n) is 2.90. The first-order valence-corrected chi connectivity index (χ1v) is 5.43. The SMILES string of the molecule is N#C/C(C(N)=S)=C1/Nc2ccccc2S1. The highest BCUT2D eigenvalue weighted by Crippen LogP contribution is 2.41. The summed E-state index contributed by atoms with van der Waals surface area (Å²) in [6.07, 6.45) is 0. The van der Waals surface area contributed by atoms with Crippen LogP contribution in [0.5, 0.6) is 0 Å². The number of nitrogens with two attached hydrogens (primary N) is 1. The maximum atomic E-state index is 8.91. The number of anilines is 1. The molecular formula is C10H7N3S2. The van der Waals surface area contributed by atoms with Gasteiger partial charge in [0.05, 0.1) is 10.7 Å². The number of hydrogen-bond donors (Lipinski definition) is 2. The minimum absolute atomic E-state index is 0.125. The zero-order valence-electron chi connectivity index (χ0n) is 7.65. The third-order valence-corrected chi connectivity index (χ3v) is 3.22. The Morgan fingerprint density at radius 2 is 2.20 bits per heavy atom. The van der Waals surface area contributed by atoms with Crippen LogP contribution < -0.4 is 11.1 Å². The predicted octanol–water partition coefficient (Wildman–Crippen LogP) is 2.23. The molecule has 0 bridgehead atoms. The predicted molar refractivity (Wildman–Crippen MR) is 65.3 cm³/mol. The molecule has 1 heterocycles. The van der Waals surface area contributed by atoms with Gasteiger partial charge in [-0.1, -0.05) is 36.1 Å². The molecule has 0 radical (unpaired) electrons. The maximum Gasteiger partial charge on any atom is 0.117 e. The van der Waals surface area contributed by atoms with E-state index in [2.05, 4.69) is 5.32 Å². The Morgan fingerprint density at radius 1 is 1.47 bits per heavy atom. The van der Waals surface area contributed by atoms with Crippen molar-refractivity contribution >= 4 is 34.7 Å². The van der Waals surface area contributed by atoms with Crippen LogP contribution in [-0.4, -0.2) is 4.99 Å². The first kappa shape index (κ1) is 10.0. The fourth-order valence-corrected chi connectivity index (χ4v) is 2.47. The van der Waals surface area contributed by atoms with E-state index < -0.39 is 0 Å². The third kappa shape index (κ3) is 1.82. The topological polar surface area (TPSA) is 61.8 Å². The summed E-state index contributed by atoms with van der Waals surface area (Å²) in [5.74, 6) is 0. The molecule has 1 aromatic rings. The van der Waals surface area contributed by atoms with Crippen molar-refractivity contribution in [3.63, 3.8) is 0 Å². The van der Waals surface area contributed by atoms with Crippen molar-refractivity contribution in [1.29, 1.82) is 5.26 Å². The lowest BCUT2D eigenvalue weighted by molar-refractivity contribution is 1.44. The van der Waals surface area contributed by atoms with Crippen LogP contribution in [0, 0.1) is 11.3 Å². The zero-order chi connectivity index (χ0) is 10.8. The quantitative estimate of drug-likeness (QED) is 0.442. The Hall–Kier alpha value is -1.51. The van der Waals surface area contributed by atoms with Crippen LogP contribution in [0.25, 0.3) is 0 Å². The lowest BCUT2D eigenvalue weighted by Crippen LogP contribution is -2.13. The van der Waals surface area contributed by atoms with Gasteiger partial charge in [0, 0.05) is 4.90 Å². The van der Waals surface area contributed by atoms with Gasteiger partial charge in [0.2, 0.25) is 0 Å². The number of fused-ring (bicyclic) bond motifs is 1. The fraction of sp³-hybridized carbons (Fsp3) is 0. The third-order valence-electron chi connectivity index (χ3n) is 1.93. The van der Waals surface area contributed by atoms with Crippen LogP contribution in [0.3, 0.4) is 0 Å². The Kier molecular flexibility index (Phi) is 2.62. The molecule has 0 aliphatic carbocycles. The van der Waals surface area contributed by atoms with Crippen molar-refractivity contribution in [3.8, 4) is 6.07 Å². The Balaban J connectivity index is 2.42. The molecule has 74 valence electrons. The maximum absolute atomic E-state index is 8.91. The molecule has 5 heteroatoms. The van der Waals surface area contributed by atoms with E-state index in [9.17, 15) is 0 Å². The van der Waals surface area contributed by atoms with Crippen molar-refractivity contribution in [1.82, 2.24) is 0 Å². The van der Waals surface area contributed by atoms with E-state index in [-0.39, 0.29) is 4.99 Å². The summed E-state index contributed by atoms with van der Waals surface area (Å²) in [4.78, 5) is 1.21.